The minimum absolute atomic E-state index is 0.375. The molecule has 2 bridgehead atoms. The van der Waals surface area contributed by atoms with E-state index >= 15 is 0 Å². The molecule has 5 rings (SSSR count). The molecular formula is C29H21ClN4O3. The Morgan fingerprint density at radius 2 is 1.57 bits per heavy atom. The second-order valence-electron chi connectivity index (χ2n) is 9.12. The van der Waals surface area contributed by atoms with Crippen LogP contribution in [0, 0.1) is 56.2 Å². The largest absolute Gasteiger partial charge is 0.489 e. The summed E-state index contributed by atoms with van der Waals surface area (Å²) in [5.74, 6) is -2.29. The third-order valence-corrected chi connectivity index (χ3v) is 7.60. The molecule has 2 saturated heterocycles. The van der Waals surface area contributed by atoms with Gasteiger partial charge in [-0.15, -0.1) is 0 Å². The summed E-state index contributed by atoms with van der Waals surface area (Å²) in [6, 6.07) is 29.5. The van der Waals surface area contributed by atoms with Crippen LogP contribution in [-0.2, 0) is 21.9 Å². The molecular weight excluding hydrogens is 488 g/mol. The molecule has 2 heterocycles. The second kappa shape index (κ2) is 8.95. The molecule has 2 fully saturated rings. The van der Waals surface area contributed by atoms with Crippen molar-refractivity contribution in [3.05, 3.63) is 101 Å². The number of rotatable bonds is 5. The first-order valence-corrected chi connectivity index (χ1v) is 12.0. The Morgan fingerprint density at radius 3 is 2.16 bits per heavy atom. The van der Waals surface area contributed by atoms with Gasteiger partial charge in [-0.3, -0.25) is 5.41 Å². The smallest absolute Gasteiger partial charge is 0.244 e. The van der Waals surface area contributed by atoms with Crippen molar-refractivity contribution in [2.24, 2.45) is 16.7 Å². The molecule has 8 heteroatoms. The van der Waals surface area contributed by atoms with Crippen LogP contribution in [0.4, 0.5) is 0 Å². The number of fused-ring (bicyclic) bond motifs is 2. The highest BCUT2D eigenvalue weighted by molar-refractivity contribution is 6.30. The van der Waals surface area contributed by atoms with Gasteiger partial charge in [-0.2, -0.15) is 15.8 Å². The molecule has 0 aliphatic carbocycles. The summed E-state index contributed by atoms with van der Waals surface area (Å²) in [6.07, 6.45) is -1.19. The van der Waals surface area contributed by atoms with Crippen molar-refractivity contribution in [2.75, 3.05) is 0 Å². The van der Waals surface area contributed by atoms with Gasteiger partial charge in [0.15, 0.2) is 5.41 Å². The minimum Gasteiger partial charge on any atom is -0.489 e. The lowest BCUT2D eigenvalue weighted by atomic mass is 9.53. The molecule has 4 unspecified atom stereocenters. The van der Waals surface area contributed by atoms with Gasteiger partial charge < -0.3 is 14.2 Å². The Bertz CT molecular complexity index is 1460. The third-order valence-electron chi connectivity index (χ3n) is 7.35. The van der Waals surface area contributed by atoms with Crippen LogP contribution in [0.3, 0.4) is 0 Å². The zero-order valence-electron chi connectivity index (χ0n) is 19.8. The lowest BCUT2D eigenvalue weighted by Gasteiger charge is -2.48. The van der Waals surface area contributed by atoms with Gasteiger partial charge in [0.2, 0.25) is 17.1 Å². The van der Waals surface area contributed by atoms with E-state index in [1.54, 1.807) is 55.5 Å². The summed E-state index contributed by atoms with van der Waals surface area (Å²) in [6.45, 7) is 2.04. The van der Waals surface area contributed by atoms with Gasteiger partial charge in [0.25, 0.3) is 0 Å². The Labute approximate surface area is 219 Å². The van der Waals surface area contributed by atoms with E-state index in [4.69, 9.17) is 31.2 Å². The van der Waals surface area contributed by atoms with Gasteiger partial charge >= 0.3 is 0 Å². The van der Waals surface area contributed by atoms with Crippen molar-refractivity contribution < 1.29 is 14.2 Å². The van der Waals surface area contributed by atoms with E-state index in [0.29, 0.717) is 28.5 Å². The van der Waals surface area contributed by atoms with E-state index in [1.165, 1.54) is 0 Å². The molecule has 4 atom stereocenters. The number of nitriles is 3. The quantitative estimate of drug-likeness (QED) is 0.448. The molecule has 0 radical (unpaired) electrons. The molecule has 2 aliphatic heterocycles. The van der Waals surface area contributed by atoms with E-state index in [0.717, 1.165) is 5.56 Å². The van der Waals surface area contributed by atoms with Gasteiger partial charge in [0.1, 0.15) is 18.5 Å². The second-order valence-corrected chi connectivity index (χ2v) is 9.56. The summed E-state index contributed by atoms with van der Waals surface area (Å²) in [4.78, 5) is 0. The number of hydrogen-bond donors (Lipinski definition) is 1. The summed E-state index contributed by atoms with van der Waals surface area (Å²) >= 11 is 6.09. The topological polar surface area (TPSA) is 123 Å². The molecule has 0 spiro atoms. The van der Waals surface area contributed by atoms with Crippen molar-refractivity contribution in [3.63, 3.8) is 0 Å². The van der Waals surface area contributed by atoms with Crippen LogP contribution in [0.2, 0.25) is 5.02 Å². The summed E-state index contributed by atoms with van der Waals surface area (Å²) in [5.41, 5.74) is -1.89. The van der Waals surface area contributed by atoms with Crippen LogP contribution < -0.4 is 4.74 Å². The fraction of sp³-hybridized carbons (Fsp3) is 0.241. The Balaban J connectivity index is 1.58. The Morgan fingerprint density at radius 1 is 0.919 bits per heavy atom. The van der Waals surface area contributed by atoms with Crippen molar-refractivity contribution >= 4 is 17.5 Å². The summed E-state index contributed by atoms with van der Waals surface area (Å²) < 4.78 is 18.4. The summed E-state index contributed by atoms with van der Waals surface area (Å²) in [7, 11) is 0. The number of hydrogen-bond acceptors (Lipinski definition) is 7. The van der Waals surface area contributed by atoms with Crippen molar-refractivity contribution in [1.82, 2.24) is 0 Å². The molecule has 0 aromatic heterocycles. The molecule has 37 heavy (non-hydrogen) atoms. The van der Waals surface area contributed by atoms with Gasteiger partial charge in [0.05, 0.1) is 24.1 Å². The Hall–Kier alpha value is -4.35. The maximum atomic E-state index is 10.4. The fourth-order valence-electron chi connectivity index (χ4n) is 5.33. The maximum Gasteiger partial charge on any atom is 0.244 e. The van der Waals surface area contributed by atoms with Gasteiger partial charge in [-0.1, -0.05) is 73.1 Å². The standard InChI is InChI=1S/C29H21ClN4O3/c1-19-28(18-33)26(34)37-29(19,22-9-11-23(30)12-10-22)36-25(27(28,16-31)17-32)21-7-13-24(14-8-21)35-15-20-5-3-2-4-6-20/h2-14,19,25,34H,15H2,1H3. The average Bonchev–Trinajstić information content (AvgIpc) is 3.09. The van der Waals surface area contributed by atoms with E-state index in [2.05, 4.69) is 18.2 Å². The van der Waals surface area contributed by atoms with E-state index in [-0.39, 0.29) is 0 Å². The van der Waals surface area contributed by atoms with Crippen LogP contribution >= 0.6 is 11.6 Å². The number of halogens is 1. The first kappa shape index (κ1) is 24.3. The number of nitrogens with one attached hydrogen (secondary N) is 1. The normalized spacial score (nSPS) is 27.3. The first-order chi connectivity index (χ1) is 17.9. The van der Waals surface area contributed by atoms with Crippen molar-refractivity contribution in [3.8, 4) is 24.0 Å². The van der Waals surface area contributed by atoms with Crippen LogP contribution in [0.5, 0.6) is 5.75 Å². The van der Waals surface area contributed by atoms with E-state index in [1.807, 2.05) is 30.3 Å². The molecule has 3 aromatic rings. The molecule has 2 aliphatic rings. The van der Waals surface area contributed by atoms with Crippen LogP contribution in [0.1, 0.15) is 29.7 Å². The predicted octanol–water partition coefficient (Wildman–Crippen LogP) is 6.03. The molecule has 0 amide bonds. The average molecular weight is 509 g/mol. The first-order valence-electron chi connectivity index (χ1n) is 11.6. The molecule has 3 aromatic carbocycles. The maximum absolute atomic E-state index is 10.4. The molecule has 0 saturated carbocycles. The zero-order chi connectivity index (χ0) is 26.3. The highest BCUT2D eigenvalue weighted by Gasteiger charge is 2.79. The lowest BCUT2D eigenvalue weighted by molar-refractivity contribution is -0.288. The van der Waals surface area contributed by atoms with Crippen molar-refractivity contribution in [1.29, 1.82) is 21.2 Å². The van der Waals surface area contributed by atoms with Crippen molar-refractivity contribution in [2.45, 2.75) is 25.4 Å². The Kier molecular flexibility index (Phi) is 5.89. The zero-order valence-corrected chi connectivity index (χ0v) is 20.6. The highest BCUT2D eigenvalue weighted by atomic mass is 35.5. The van der Waals surface area contributed by atoms with Crippen LogP contribution in [0.25, 0.3) is 0 Å². The molecule has 7 nitrogen and oxygen atoms in total. The molecule has 182 valence electrons. The van der Waals surface area contributed by atoms with Crippen LogP contribution in [-0.4, -0.2) is 5.90 Å². The molecule has 1 N–H and O–H groups in total. The van der Waals surface area contributed by atoms with E-state index < -0.39 is 34.5 Å². The van der Waals surface area contributed by atoms with E-state index in [9.17, 15) is 15.8 Å². The number of benzene rings is 3. The van der Waals surface area contributed by atoms with Gasteiger partial charge in [0, 0.05) is 10.6 Å². The SMILES string of the molecule is CC1C2(c3ccc(Cl)cc3)OC(=N)C1(C#N)C(C#N)(C#N)C(c1ccc(OCc3ccccc3)cc1)O2. The van der Waals surface area contributed by atoms with Gasteiger partial charge in [-0.05, 0) is 35.4 Å². The number of ether oxygens (including phenoxy) is 3. The van der Waals surface area contributed by atoms with Crippen LogP contribution in [0.15, 0.2) is 78.9 Å². The minimum atomic E-state index is -2.04. The monoisotopic (exact) mass is 508 g/mol. The fourth-order valence-corrected chi connectivity index (χ4v) is 5.46. The lowest BCUT2D eigenvalue weighted by Crippen LogP contribution is -2.57. The summed E-state index contributed by atoms with van der Waals surface area (Å²) in [5, 5.41) is 40.4. The predicted molar refractivity (Wildman–Crippen MR) is 134 cm³/mol. The third kappa shape index (κ3) is 3.39. The number of nitrogens with zero attached hydrogens (tertiary/aromatic N) is 3. The highest BCUT2D eigenvalue weighted by Crippen LogP contribution is 2.69. The van der Waals surface area contributed by atoms with Gasteiger partial charge in [-0.25, -0.2) is 0 Å².